The lowest BCUT2D eigenvalue weighted by Gasteiger charge is -2.00. The number of benzene rings is 1. The van der Waals surface area contributed by atoms with E-state index in [1.807, 2.05) is 12.1 Å². The van der Waals surface area contributed by atoms with Gasteiger partial charge in [0.25, 0.3) is 0 Å². The number of fused-ring (bicyclic) bond motifs is 1. The summed E-state index contributed by atoms with van der Waals surface area (Å²) in [6.45, 7) is 0. The number of aromatic nitrogens is 1. The van der Waals surface area contributed by atoms with Crippen molar-refractivity contribution in [1.82, 2.24) is 4.98 Å². The Morgan fingerprint density at radius 1 is 1.22 bits per heavy atom. The monoisotopic (exact) mass is 296 g/mol. The zero-order valence-corrected chi connectivity index (χ0v) is 11.7. The van der Waals surface area contributed by atoms with Crippen molar-refractivity contribution in [2.75, 3.05) is 0 Å². The van der Waals surface area contributed by atoms with Crippen LogP contribution in [0.15, 0.2) is 23.6 Å². The minimum atomic E-state index is 0.0692. The predicted octanol–water partition coefficient (Wildman–Crippen LogP) is 3.86. The van der Waals surface area contributed by atoms with E-state index in [1.165, 1.54) is 5.01 Å². The van der Waals surface area contributed by atoms with Crippen molar-refractivity contribution in [1.29, 1.82) is 0 Å². The van der Waals surface area contributed by atoms with Crippen molar-refractivity contribution >= 4 is 34.5 Å². The van der Waals surface area contributed by atoms with Crippen molar-refractivity contribution in [3.05, 3.63) is 38.6 Å². The van der Waals surface area contributed by atoms with Gasteiger partial charge in [-0.1, -0.05) is 29.3 Å². The molecule has 0 spiro atoms. The lowest BCUT2D eigenvalue weighted by molar-refractivity contribution is 0.770. The second-order valence-corrected chi connectivity index (χ2v) is 6.93. The first-order valence-electron chi connectivity index (χ1n) is 5.74. The molecule has 0 saturated heterocycles. The van der Waals surface area contributed by atoms with Crippen molar-refractivity contribution in [2.24, 2.45) is 5.73 Å². The lowest BCUT2D eigenvalue weighted by Crippen LogP contribution is -2.08. The quantitative estimate of drug-likeness (QED) is 0.914. The molecule has 92 valence electrons. The Balaban J connectivity index is 1.71. The molecular weight excluding hydrogens is 287 g/mol. The third kappa shape index (κ3) is 1.36. The lowest BCUT2D eigenvalue weighted by atomic mass is 10.2. The molecular formula is C13H10Cl2N2S. The van der Waals surface area contributed by atoms with Gasteiger partial charge in [0.1, 0.15) is 5.01 Å². The minimum Gasteiger partial charge on any atom is -0.324 e. The van der Waals surface area contributed by atoms with E-state index in [4.69, 9.17) is 33.9 Å². The fourth-order valence-electron chi connectivity index (χ4n) is 2.58. The molecule has 2 saturated carbocycles. The second-order valence-electron chi connectivity index (χ2n) is 5.26. The summed E-state index contributed by atoms with van der Waals surface area (Å²) in [5, 5.41) is 4.37. The molecule has 2 nitrogen and oxygen atoms in total. The number of halogens is 2. The third-order valence-corrected chi connectivity index (χ3v) is 5.85. The van der Waals surface area contributed by atoms with Gasteiger partial charge in [-0.3, -0.25) is 0 Å². The first-order valence-corrected chi connectivity index (χ1v) is 7.38. The summed E-state index contributed by atoms with van der Waals surface area (Å²) in [5.74, 6) is 0. The average molecular weight is 297 g/mol. The highest BCUT2D eigenvalue weighted by Crippen LogP contribution is 2.77. The van der Waals surface area contributed by atoms with E-state index in [9.17, 15) is 0 Å². The van der Waals surface area contributed by atoms with Crippen LogP contribution in [0.4, 0.5) is 0 Å². The van der Waals surface area contributed by atoms with E-state index < -0.39 is 0 Å². The standard InChI is InChI=1S/C13H10Cl2N2S/c14-8-2-1-7(3-9(8)15)10-4-18-11(17-10)12-5-13(12,16)6-12/h1-4H,5-6,16H2. The molecule has 1 aromatic carbocycles. The summed E-state index contributed by atoms with van der Waals surface area (Å²) in [7, 11) is 0. The van der Waals surface area contributed by atoms with E-state index >= 15 is 0 Å². The molecule has 5 heteroatoms. The fourth-order valence-corrected chi connectivity index (χ4v) is 4.02. The number of nitrogens with two attached hydrogens (primary N) is 1. The van der Waals surface area contributed by atoms with Crippen LogP contribution < -0.4 is 5.73 Å². The van der Waals surface area contributed by atoms with Crippen LogP contribution in [0.25, 0.3) is 11.3 Å². The summed E-state index contributed by atoms with van der Waals surface area (Å²) in [4.78, 5) is 4.71. The van der Waals surface area contributed by atoms with Gasteiger partial charge in [-0.2, -0.15) is 0 Å². The number of nitrogens with zero attached hydrogens (tertiary/aromatic N) is 1. The molecule has 4 rings (SSSR count). The van der Waals surface area contributed by atoms with Gasteiger partial charge in [0, 0.05) is 21.9 Å². The van der Waals surface area contributed by atoms with Crippen LogP contribution in [0.3, 0.4) is 0 Å². The average Bonchev–Trinajstić information content (AvgIpc) is 2.99. The molecule has 1 aromatic heterocycles. The Labute approximate surface area is 119 Å². The molecule has 1 heterocycles. The van der Waals surface area contributed by atoms with E-state index in [1.54, 1.807) is 17.4 Å². The smallest absolute Gasteiger partial charge is 0.101 e. The molecule has 0 radical (unpaired) electrons. The van der Waals surface area contributed by atoms with Gasteiger partial charge >= 0.3 is 0 Å². The molecule has 2 aliphatic rings. The maximum absolute atomic E-state index is 6.13. The Bertz CT molecular complexity index is 659. The Kier molecular flexibility index (Phi) is 2.05. The van der Waals surface area contributed by atoms with Crippen LogP contribution in [0, 0.1) is 0 Å². The maximum Gasteiger partial charge on any atom is 0.101 e. The molecule has 0 aliphatic heterocycles. The molecule has 2 aliphatic carbocycles. The maximum atomic E-state index is 6.13. The van der Waals surface area contributed by atoms with E-state index in [0.29, 0.717) is 10.0 Å². The summed E-state index contributed by atoms with van der Waals surface area (Å²) in [5.41, 5.74) is 8.38. The number of hydrogen-bond donors (Lipinski definition) is 1. The van der Waals surface area contributed by atoms with Crippen molar-refractivity contribution in [2.45, 2.75) is 23.8 Å². The molecule has 0 unspecified atom stereocenters. The predicted molar refractivity (Wildman–Crippen MR) is 75.4 cm³/mol. The summed E-state index contributed by atoms with van der Waals surface area (Å²) in [6.07, 6.45) is 2.18. The number of rotatable bonds is 2. The highest BCUT2D eigenvalue weighted by atomic mass is 35.5. The first-order chi connectivity index (χ1) is 8.54. The molecule has 2 N–H and O–H groups in total. The Hall–Kier alpha value is -0.610. The topological polar surface area (TPSA) is 38.9 Å². The zero-order chi connectivity index (χ0) is 12.5. The van der Waals surface area contributed by atoms with Gasteiger partial charge in [-0.15, -0.1) is 11.3 Å². The van der Waals surface area contributed by atoms with Crippen LogP contribution >= 0.6 is 34.5 Å². The molecule has 0 bridgehead atoms. The van der Waals surface area contributed by atoms with Gasteiger partial charge < -0.3 is 5.73 Å². The van der Waals surface area contributed by atoms with Crippen molar-refractivity contribution in [3.8, 4) is 11.3 Å². The zero-order valence-electron chi connectivity index (χ0n) is 9.41. The van der Waals surface area contributed by atoms with E-state index in [0.717, 1.165) is 24.1 Å². The van der Waals surface area contributed by atoms with Crippen LogP contribution in [0.5, 0.6) is 0 Å². The normalized spacial score (nSPS) is 32.2. The first kappa shape index (κ1) is 11.2. The summed E-state index contributed by atoms with van der Waals surface area (Å²) in [6, 6.07) is 5.61. The highest BCUT2D eigenvalue weighted by Gasteiger charge is 2.83. The fraction of sp³-hybridized carbons (Fsp3) is 0.308. The van der Waals surface area contributed by atoms with E-state index in [-0.39, 0.29) is 11.0 Å². The largest absolute Gasteiger partial charge is 0.324 e. The minimum absolute atomic E-state index is 0.0692. The van der Waals surface area contributed by atoms with Crippen LogP contribution in [0.1, 0.15) is 17.8 Å². The van der Waals surface area contributed by atoms with Crippen LogP contribution in [0.2, 0.25) is 10.0 Å². The summed E-state index contributed by atoms with van der Waals surface area (Å²) < 4.78 is 0. The Morgan fingerprint density at radius 2 is 1.94 bits per heavy atom. The SMILES string of the molecule is NC12CC1(c1nc(-c3ccc(Cl)c(Cl)c3)cs1)C2. The number of hydrogen-bond acceptors (Lipinski definition) is 3. The third-order valence-electron chi connectivity index (χ3n) is 4.07. The Morgan fingerprint density at radius 3 is 2.56 bits per heavy atom. The van der Waals surface area contributed by atoms with Gasteiger partial charge in [0.15, 0.2) is 0 Å². The van der Waals surface area contributed by atoms with Crippen LogP contribution in [-0.4, -0.2) is 10.5 Å². The molecule has 0 atom stereocenters. The van der Waals surface area contributed by atoms with Crippen molar-refractivity contribution < 1.29 is 0 Å². The molecule has 18 heavy (non-hydrogen) atoms. The molecule has 2 aromatic rings. The number of thiazole rings is 1. The highest BCUT2D eigenvalue weighted by molar-refractivity contribution is 7.10. The molecule has 2 fully saturated rings. The van der Waals surface area contributed by atoms with E-state index in [2.05, 4.69) is 5.38 Å². The van der Waals surface area contributed by atoms with Crippen molar-refractivity contribution in [3.63, 3.8) is 0 Å². The van der Waals surface area contributed by atoms with Gasteiger partial charge in [-0.05, 0) is 25.0 Å². The van der Waals surface area contributed by atoms with Gasteiger partial charge in [-0.25, -0.2) is 4.98 Å². The summed E-state index contributed by atoms with van der Waals surface area (Å²) >= 11 is 13.6. The van der Waals surface area contributed by atoms with Gasteiger partial charge in [0.2, 0.25) is 0 Å². The molecule has 0 amide bonds. The second kappa shape index (κ2) is 3.28. The van der Waals surface area contributed by atoms with Gasteiger partial charge in [0.05, 0.1) is 15.7 Å². The van der Waals surface area contributed by atoms with Crippen LogP contribution in [-0.2, 0) is 5.41 Å².